The quantitative estimate of drug-likeness (QED) is 0.344. The highest BCUT2D eigenvalue weighted by molar-refractivity contribution is 5.71. The molecule has 0 amide bonds. The number of methoxy groups -OCH3 is 1. The summed E-state index contributed by atoms with van der Waals surface area (Å²) in [5.41, 5.74) is 0.870. The van der Waals surface area contributed by atoms with Gasteiger partial charge in [-0.1, -0.05) is 29.4 Å². The molecule has 0 radical (unpaired) electrons. The van der Waals surface area contributed by atoms with Gasteiger partial charge in [-0.25, -0.2) is 0 Å². The van der Waals surface area contributed by atoms with E-state index in [2.05, 4.69) is 9.89 Å². The summed E-state index contributed by atoms with van der Waals surface area (Å²) in [7, 11) is 1.34. The maximum Gasteiger partial charge on any atom is 0.416 e. The van der Waals surface area contributed by atoms with Crippen molar-refractivity contribution in [2.45, 2.75) is 26.1 Å². The van der Waals surface area contributed by atoms with E-state index < -0.39 is 11.7 Å². The molecule has 2 aromatic rings. The zero-order valence-electron chi connectivity index (χ0n) is 16.1. The van der Waals surface area contributed by atoms with Crippen molar-refractivity contribution in [2.75, 3.05) is 13.7 Å². The molecular weight excluding hydrogens is 387 g/mol. The normalized spacial score (nSPS) is 12.6. The molecule has 0 fully saturated rings. The van der Waals surface area contributed by atoms with Gasteiger partial charge >= 0.3 is 12.1 Å². The fourth-order valence-electron chi connectivity index (χ4n) is 2.31. The number of oxime groups is 1. The van der Waals surface area contributed by atoms with Crippen molar-refractivity contribution >= 4 is 12.2 Å². The van der Waals surface area contributed by atoms with E-state index in [1.165, 1.54) is 19.2 Å². The first kappa shape index (κ1) is 22.3. The number of esters is 1. The van der Waals surface area contributed by atoms with Crippen molar-refractivity contribution in [3.8, 4) is 5.75 Å². The van der Waals surface area contributed by atoms with E-state index in [0.717, 1.165) is 17.7 Å². The van der Waals surface area contributed by atoms with Gasteiger partial charge in [0, 0.05) is 12.6 Å². The zero-order valence-corrected chi connectivity index (χ0v) is 16.1. The smallest absolute Gasteiger partial charge is 0.416 e. The molecule has 2 rings (SSSR count). The maximum atomic E-state index is 12.5. The molecular formula is C21H22F3NO4. The van der Waals surface area contributed by atoms with Crippen molar-refractivity contribution in [1.29, 1.82) is 0 Å². The molecule has 29 heavy (non-hydrogen) atoms. The fraction of sp³-hybridized carbons (Fsp3) is 0.333. The predicted molar refractivity (Wildman–Crippen MR) is 102 cm³/mol. The highest BCUT2D eigenvalue weighted by Crippen LogP contribution is 2.29. The summed E-state index contributed by atoms with van der Waals surface area (Å²) in [6.07, 6.45) is -2.26. The van der Waals surface area contributed by atoms with Gasteiger partial charge in [0.15, 0.2) is 0 Å². The Hall–Kier alpha value is -3.03. The number of carbonyl (C=O) groups excluding carboxylic acids is 1. The Morgan fingerprint density at radius 2 is 1.69 bits per heavy atom. The van der Waals surface area contributed by atoms with E-state index in [1.807, 2.05) is 12.1 Å². The first-order valence-electron chi connectivity index (χ1n) is 8.89. The molecule has 156 valence electrons. The van der Waals surface area contributed by atoms with Crippen LogP contribution in [0.2, 0.25) is 0 Å². The minimum atomic E-state index is -4.35. The number of hydrogen-bond acceptors (Lipinski definition) is 5. The summed E-state index contributed by atoms with van der Waals surface area (Å²) >= 11 is 0. The molecule has 2 aromatic carbocycles. The lowest BCUT2D eigenvalue weighted by molar-refractivity contribution is -0.145. The Labute approximate surface area is 167 Å². The van der Waals surface area contributed by atoms with Crippen molar-refractivity contribution in [1.82, 2.24) is 0 Å². The Morgan fingerprint density at radius 1 is 1.07 bits per heavy atom. The van der Waals surface area contributed by atoms with E-state index in [0.29, 0.717) is 17.7 Å². The topological polar surface area (TPSA) is 57.1 Å². The number of benzene rings is 2. The van der Waals surface area contributed by atoms with Gasteiger partial charge in [0.2, 0.25) is 0 Å². The largest absolute Gasteiger partial charge is 0.493 e. The van der Waals surface area contributed by atoms with Crippen LogP contribution in [-0.4, -0.2) is 25.9 Å². The second kappa shape index (κ2) is 10.5. The van der Waals surface area contributed by atoms with Crippen molar-refractivity contribution in [2.24, 2.45) is 11.1 Å². The van der Waals surface area contributed by atoms with E-state index in [9.17, 15) is 18.0 Å². The number of rotatable bonds is 9. The van der Waals surface area contributed by atoms with Gasteiger partial charge in [0.1, 0.15) is 19.0 Å². The first-order valence-corrected chi connectivity index (χ1v) is 8.89. The van der Waals surface area contributed by atoms with Gasteiger partial charge in [-0.3, -0.25) is 4.79 Å². The molecule has 1 atom stereocenters. The van der Waals surface area contributed by atoms with Gasteiger partial charge in [-0.2, -0.15) is 13.2 Å². The van der Waals surface area contributed by atoms with Crippen LogP contribution in [0.5, 0.6) is 5.75 Å². The number of alkyl halides is 3. The number of halogens is 3. The standard InChI is InChI=1S/C21H22F3NO4/c1-15(20(26)27-2)13-28-19-9-5-16(6-10-19)11-12-25-29-14-17-3-7-18(8-4-17)21(22,23)24/h3-10,12,15H,11,13-14H2,1-2H3. The maximum absolute atomic E-state index is 12.5. The van der Waals surface area contributed by atoms with Crippen LogP contribution in [0.15, 0.2) is 53.7 Å². The third kappa shape index (κ3) is 7.48. The molecule has 0 bridgehead atoms. The Morgan fingerprint density at radius 3 is 2.28 bits per heavy atom. The second-order valence-electron chi connectivity index (χ2n) is 6.34. The summed E-state index contributed by atoms with van der Waals surface area (Å²) in [5, 5.41) is 3.81. The molecule has 0 aliphatic rings. The Balaban J connectivity index is 1.73. The van der Waals surface area contributed by atoms with E-state index in [-0.39, 0.29) is 25.1 Å². The molecule has 0 saturated heterocycles. The van der Waals surface area contributed by atoms with Crippen LogP contribution in [0, 0.1) is 5.92 Å². The van der Waals surface area contributed by atoms with Crippen molar-refractivity contribution in [3.05, 3.63) is 65.2 Å². The van der Waals surface area contributed by atoms with Crippen LogP contribution in [0.4, 0.5) is 13.2 Å². The van der Waals surface area contributed by atoms with Crippen LogP contribution in [0.3, 0.4) is 0 Å². The molecule has 0 aliphatic carbocycles. The van der Waals surface area contributed by atoms with Crippen LogP contribution >= 0.6 is 0 Å². The van der Waals surface area contributed by atoms with Crippen LogP contribution in [0.1, 0.15) is 23.6 Å². The molecule has 5 nitrogen and oxygen atoms in total. The highest BCUT2D eigenvalue weighted by Gasteiger charge is 2.29. The van der Waals surface area contributed by atoms with Gasteiger partial charge in [-0.15, -0.1) is 0 Å². The van der Waals surface area contributed by atoms with E-state index in [4.69, 9.17) is 9.57 Å². The second-order valence-corrected chi connectivity index (χ2v) is 6.34. The zero-order chi connectivity index (χ0) is 21.3. The predicted octanol–water partition coefficient (Wildman–Crippen LogP) is 4.64. The summed E-state index contributed by atoms with van der Waals surface area (Å²) < 4.78 is 47.7. The molecule has 8 heteroatoms. The molecule has 0 aromatic heterocycles. The van der Waals surface area contributed by atoms with Gasteiger partial charge in [-0.05, 0) is 42.3 Å². The molecule has 0 N–H and O–H groups in total. The molecule has 0 spiro atoms. The summed E-state index contributed by atoms with van der Waals surface area (Å²) in [5.74, 6) is -0.0391. The van der Waals surface area contributed by atoms with E-state index >= 15 is 0 Å². The van der Waals surface area contributed by atoms with Gasteiger partial charge in [0.05, 0.1) is 18.6 Å². The first-order chi connectivity index (χ1) is 13.8. The lowest BCUT2D eigenvalue weighted by Gasteiger charge is -2.11. The minimum Gasteiger partial charge on any atom is -0.493 e. The average Bonchev–Trinajstić information content (AvgIpc) is 2.71. The summed E-state index contributed by atoms with van der Waals surface area (Å²) in [4.78, 5) is 16.4. The summed E-state index contributed by atoms with van der Waals surface area (Å²) in [6.45, 7) is 2.03. The van der Waals surface area contributed by atoms with Crippen LogP contribution < -0.4 is 4.74 Å². The van der Waals surface area contributed by atoms with Crippen molar-refractivity contribution < 1.29 is 32.3 Å². The number of ether oxygens (including phenoxy) is 2. The molecule has 0 aliphatic heterocycles. The minimum absolute atomic E-state index is 0.0831. The van der Waals surface area contributed by atoms with Gasteiger partial charge < -0.3 is 14.3 Å². The third-order valence-corrected chi connectivity index (χ3v) is 4.02. The molecule has 0 heterocycles. The fourth-order valence-corrected chi connectivity index (χ4v) is 2.31. The number of hydrogen-bond donors (Lipinski definition) is 0. The lowest BCUT2D eigenvalue weighted by Crippen LogP contribution is -2.19. The van der Waals surface area contributed by atoms with Crippen LogP contribution in [-0.2, 0) is 33.6 Å². The number of nitrogens with zero attached hydrogens (tertiary/aromatic N) is 1. The SMILES string of the molecule is COC(=O)C(C)COc1ccc(CC=NOCc2ccc(C(F)(F)F)cc2)cc1. The monoisotopic (exact) mass is 409 g/mol. The third-order valence-electron chi connectivity index (χ3n) is 4.02. The average molecular weight is 409 g/mol. The molecule has 1 unspecified atom stereocenters. The Bertz CT molecular complexity index is 802. The Kier molecular flexibility index (Phi) is 8.06. The van der Waals surface area contributed by atoms with Gasteiger partial charge in [0.25, 0.3) is 0 Å². The van der Waals surface area contributed by atoms with Crippen LogP contribution in [0.25, 0.3) is 0 Å². The lowest BCUT2D eigenvalue weighted by atomic mass is 10.1. The van der Waals surface area contributed by atoms with E-state index in [1.54, 1.807) is 25.3 Å². The highest BCUT2D eigenvalue weighted by atomic mass is 19.4. The molecule has 0 saturated carbocycles. The number of carbonyl (C=O) groups is 1. The van der Waals surface area contributed by atoms with Crippen molar-refractivity contribution in [3.63, 3.8) is 0 Å². The summed E-state index contributed by atoms with van der Waals surface area (Å²) in [6, 6.07) is 12.0.